The summed E-state index contributed by atoms with van der Waals surface area (Å²) >= 11 is 0. The zero-order valence-electron chi connectivity index (χ0n) is 14.8. The van der Waals surface area contributed by atoms with Crippen molar-refractivity contribution in [3.63, 3.8) is 0 Å². The molecule has 2 aliphatic rings. The fraction of sp³-hybridized carbons (Fsp3) is 0.706. The number of hydrogen-bond acceptors (Lipinski definition) is 5. The molecule has 1 atom stereocenters. The average Bonchev–Trinajstić information content (AvgIpc) is 2.62. The number of hydrogen-bond donors (Lipinski definition) is 1. The molecule has 1 saturated heterocycles. The number of carbonyl (C=O) groups is 1. The number of anilines is 1. The Morgan fingerprint density at radius 2 is 2.00 bits per heavy atom. The van der Waals surface area contributed by atoms with Gasteiger partial charge in [0.2, 0.25) is 5.91 Å². The molecule has 25 heavy (non-hydrogen) atoms. The van der Waals surface area contributed by atoms with Gasteiger partial charge in [0, 0.05) is 32.4 Å². The lowest BCUT2D eigenvalue weighted by Gasteiger charge is -2.42. The lowest BCUT2D eigenvalue weighted by molar-refractivity contribution is -0.139. The third kappa shape index (κ3) is 4.96. The third-order valence-corrected chi connectivity index (χ3v) is 5.32. The second kappa shape index (κ2) is 9.55. The minimum atomic E-state index is -0.651. The van der Waals surface area contributed by atoms with Crippen LogP contribution in [-0.4, -0.2) is 52.7 Å². The van der Waals surface area contributed by atoms with E-state index in [1.54, 1.807) is 6.20 Å². The minimum Gasteiger partial charge on any atom is -0.353 e. The van der Waals surface area contributed by atoms with E-state index in [-0.39, 0.29) is 36.8 Å². The number of nitrogens with two attached hydrogens (primary N) is 1. The molecule has 0 aromatic carbocycles. The molecule has 8 heteroatoms. The first-order chi connectivity index (χ1) is 11.1. The van der Waals surface area contributed by atoms with Crippen molar-refractivity contribution in [2.75, 3.05) is 25.0 Å². The van der Waals surface area contributed by atoms with E-state index in [1.807, 2.05) is 24.1 Å². The highest BCUT2D eigenvalue weighted by atomic mass is 35.5. The number of piperidine rings is 1. The quantitative estimate of drug-likeness (QED) is 0.858. The van der Waals surface area contributed by atoms with E-state index in [2.05, 4.69) is 15.1 Å². The van der Waals surface area contributed by atoms with Crippen molar-refractivity contribution in [1.82, 2.24) is 15.1 Å². The number of halogens is 2. The maximum atomic E-state index is 12.9. The van der Waals surface area contributed by atoms with Gasteiger partial charge in [-0.1, -0.05) is 19.3 Å². The summed E-state index contributed by atoms with van der Waals surface area (Å²) in [4.78, 5) is 17.0. The van der Waals surface area contributed by atoms with Crippen LogP contribution in [0.3, 0.4) is 0 Å². The summed E-state index contributed by atoms with van der Waals surface area (Å²) in [5.41, 5.74) is 5.78. The van der Waals surface area contributed by atoms with Crippen molar-refractivity contribution in [1.29, 1.82) is 0 Å². The molecule has 2 heterocycles. The van der Waals surface area contributed by atoms with E-state index < -0.39 is 5.54 Å². The van der Waals surface area contributed by atoms with Crippen LogP contribution in [-0.2, 0) is 4.79 Å². The van der Waals surface area contributed by atoms with Crippen LogP contribution in [0.15, 0.2) is 18.3 Å². The molecule has 0 spiro atoms. The van der Waals surface area contributed by atoms with Crippen LogP contribution in [0.2, 0.25) is 0 Å². The monoisotopic (exact) mass is 389 g/mol. The van der Waals surface area contributed by atoms with Gasteiger partial charge in [0.05, 0.1) is 5.54 Å². The summed E-state index contributed by atoms with van der Waals surface area (Å²) in [5, 5.41) is 8.15. The predicted octanol–water partition coefficient (Wildman–Crippen LogP) is 2.41. The lowest BCUT2D eigenvalue weighted by Crippen LogP contribution is -2.59. The molecule has 1 amide bonds. The maximum absolute atomic E-state index is 12.9. The van der Waals surface area contributed by atoms with E-state index in [0.29, 0.717) is 0 Å². The van der Waals surface area contributed by atoms with Gasteiger partial charge in [0.25, 0.3) is 0 Å². The Morgan fingerprint density at radius 1 is 1.28 bits per heavy atom. The molecule has 142 valence electrons. The second-order valence-corrected chi connectivity index (χ2v) is 6.96. The van der Waals surface area contributed by atoms with Crippen molar-refractivity contribution < 1.29 is 4.79 Å². The summed E-state index contributed by atoms with van der Waals surface area (Å²) < 4.78 is 0. The largest absolute Gasteiger partial charge is 0.353 e. The number of carbonyl (C=O) groups excluding carboxylic acids is 1. The zero-order chi connectivity index (χ0) is 16.3. The summed E-state index contributed by atoms with van der Waals surface area (Å²) in [6.45, 7) is 1.77. The Morgan fingerprint density at radius 3 is 2.64 bits per heavy atom. The van der Waals surface area contributed by atoms with Crippen LogP contribution in [0.4, 0.5) is 5.82 Å². The van der Waals surface area contributed by atoms with Gasteiger partial charge in [-0.15, -0.1) is 29.9 Å². The van der Waals surface area contributed by atoms with Crippen LogP contribution in [0.1, 0.15) is 44.9 Å². The minimum absolute atomic E-state index is 0. The fourth-order valence-electron chi connectivity index (χ4n) is 3.85. The molecule has 1 saturated carbocycles. The Hall–Kier alpha value is -1.11. The maximum Gasteiger partial charge on any atom is 0.242 e. The second-order valence-electron chi connectivity index (χ2n) is 6.96. The SMILES string of the molecule is CN(C(=O)C1(N)CCCCC1)C1CCCN(c2cccnn2)C1.Cl.Cl. The highest BCUT2D eigenvalue weighted by molar-refractivity contribution is 5.86. The molecule has 1 aromatic rings. The normalized spacial score (nSPS) is 22.3. The van der Waals surface area contributed by atoms with Gasteiger partial charge in [0.1, 0.15) is 0 Å². The van der Waals surface area contributed by atoms with E-state index in [4.69, 9.17) is 5.73 Å². The lowest BCUT2D eigenvalue weighted by atomic mass is 9.81. The Labute approximate surface area is 162 Å². The van der Waals surface area contributed by atoms with E-state index in [1.165, 1.54) is 6.42 Å². The van der Waals surface area contributed by atoms with Gasteiger partial charge in [-0.3, -0.25) is 4.79 Å². The number of aromatic nitrogens is 2. The molecule has 0 radical (unpaired) electrons. The Kier molecular flexibility index (Phi) is 8.38. The van der Waals surface area contributed by atoms with Gasteiger partial charge in [-0.05, 0) is 37.8 Å². The Balaban J connectivity index is 0.00000156. The number of amides is 1. The van der Waals surface area contributed by atoms with Gasteiger partial charge in [0.15, 0.2) is 5.82 Å². The van der Waals surface area contributed by atoms with E-state index >= 15 is 0 Å². The first-order valence-corrected chi connectivity index (χ1v) is 8.69. The molecule has 3 rings (SSSR count). The van der Waals surface area contributed by atoms with Gasteiger partial charge in [-0.25, -0.2) is 0 Å². The molecule has 1 aliphatic heterocycles. The summed E-state index contributed by atoms with van der Waals surface area (Å²) in [6.07, 6.45) is 8.71. The topological polar surface area (TPSA) is 75.3 Å². The molecule has 1 unspecified atom stereocenters. The molecule has 6 nitrogen and oxygen atoms in total. The molecule has 2 N–H and O–H groups in total. The van der Waals surface area contributed by atoms with Crippen molar-refractivity contribution in [3.05, 3.63) is 18.3 Å². The van der Waals surface area contributed by atoms with Crippen molar-refractivity contribution in [3.8, 4) is 0 Å². The van der Waals surface area contributed by atoms with Gasteiger partial charge >= 0.3 is 0 Å². The third-order valence-electron chi connectivity index (χ3n) is 5.32. The van der Waals surface area contributed by atoms with E-state index in [0.717, 1.165) is 57.4 Å². The molecule has 2 fully saturated rings. The van der Waals surface area contributed by atoms with Crippen molar-refractivity contribution >= 4 is 36.5 Å². The molecular weight excluding hydrogens is 361 g/mol. The summed E-state index contributed by atoms with van der Waals surface area (Å²) in [7, 11) is 1.91. The van der Waals surface area contributed by atoms with Crippen molar-refractivity contribution in [2.45, 2.75) is 56.5 Å². The molecule has 1 aromatic heterocycles. The zero-order valence-corrected chi connectivity index (χ0v) is 16.4. The van der Waals surface area contributed by atoms with Crippen LogP contribution in [0.25, 0.3) is 0 Å². The molecular formula is C17H29Cl2N5O. The van der Waals surface area contributed by atoms with Crippen LogP contribution < -0.4 is 10.6 Å². The Bertz CT molecular complexity index is 539. The predicted molar refractivity (Wildman–Crippen MR) is 105 cm³/mol. The smallest absolute Gasteiger partial charge is 0.242 e. The fourth-order valence-corrected chi connectivity index (χ4v) is 3.85. The summed E-state index contributed by atoms with van der Waals surface area (Å²) in [5.74, 6) is 1.00. The van der Waals surface area contributed by atoms with Crippen LogP contribution in [0.5, 0.6) is 0 Å². The first kappa shape index (κ1) is 21.9. The first-order valence-electron chi connectivity index (χ1n) is 8.69. The number of rotatable bonds is 3. The molecule has 0 bridgehead atoms. The number of nitrogens with zero attached hydrogens (tertiary/aromatic N) is 4. The van der Waals surface area contributed by atoms with Gasteiger partial charge in [-0.2, -0.15) is 5.10 Å². The van der Waals surface area contributed by atoms with Crippen LogP contribution >= 0.6 is 24.8 Å². The average molecular weight is 390 g/mol. The molecule has 1 aliphatic carbocycles. The van der Waals surface area contributed by atoms with Crippen molar-refractivity contribution in [2.24, 2.45) is 5.73 Å². The van der Waals surface area contributed by atoms with E-state index in [9.17, 15) is 4.79 Å². The highest BCUT2D eigenvalue weighted by Crippen LogP contribution is 2.29. The standard InChI is InChI=1S/C17H27N5O.2ClH/c1-21(16(23)17(18)9-3-2-4-10-17)14-7-6-12-22(13-14)15-8-5-11-19-20-15;;/h5,8,11,14H,2-4,6-7,9-10,12-13,18H2,1H3;2*1H. The highest BCUT2D eigenvalue weighted by Gasteiger charge is 2.39. The number of likely N-dealkylation sites (N-methyl/N-ethyl adjacent to an activating group) is 1. The summed E-state index contributed by atoms with van der Waals surface area (Å²) in [6, 6.07) is 4.07. The van der Waals surface area contributed by atoms with Crippen LogP contribution in [0, 0.1) is 0 Å². The van der Waals surface area contributed by atoms with Gasteiger partial charge < -0.3 is 15.5 Å².